The molecule has 0 bridgehead atoms. The predicted molar refractivity (Wildman–Crippen MR) is 81.4 cm³/mol. The van der Waals surface area contributed by atoms with Gasteiger partial charge in [0.05, 0.1) is 0 Å². The summed E-state index contributed by atoms with van der Waals surface area (Å²) in [6.45, 7) is 6.19. The molecular weight excluding hydrogens is 304 g/mol. The first-order valence-electron chi connectivity index (χ1n) is 6.85. The van der Waals surface area contributed by atoms with Crippen LogP contribution < -0.4 is 10.6 Å². The second kappa shape index (κ2) is 6.53. The Morgan fingerprint density at radius 2 is 2.32 bits per heavy atom. The maximum Gasteiger partial charge on any atom is 0.251 e. The topological polar surface area (TPSA) is 41.1 Å². The molecule has 2 atom stereocenters. The van der Waals surface area contributed by atoms with E-state index in [1.165, 1.54) is 12.8 Å². The summed E-state index contributed by atoms with van der Waals surface area (Å²) in [6, 6.07) is 5.92. The summed E-state index contributed by atoms with van der Waals surface area (Å²) in [5.41, 5.74) is 1.82. The van der Waals surface area contributed by atoms with E-state index in [4.69, 9.17) is 0 Å². The van der Waals surface area contributed by atoms with Crippen LogP contribution in [0.1, 0.15) is 35.7 Å². The van der Waals surface area contributed by atoms with Crippen molar-refractivity contribution in [3.63, 3.8) is 0 Å². The van der Waals surface area contributed by atoms with Gasteiger partial charge in [-0.1, -0.05) is 15.9 Å². The summed E-state index contributed by atoms with van der Waals surface area (Å²) >= 11 is 3.45. The molecule has 2 unspecified atom stereocenters. The molecule has 19 heavy (non-hydrogen) atoms. The van der Waals surface area contributed by atoms with Gasteiger partial charge in [-0.3, -0.25) is 4.79 Å². The van der Waals surface area contributed by atoms with Crippen LogP contribution in [-0.4, -0.2) is 25.0 Å². The molecule has 0 aromatic heterocycles. The molecular formula is C15H21BrN2O. The monoisotopic (exact) mass is 324 g/mol. The molecule has 2 N–H and O–H groups in total. The van der Waals surface area contributed by atoms with Crippen molar-refractivity contribution in [1.29, 1.82) is 0 Å². The molecule has 1 aromatic rings. The summed E-state index contributed by atoms with van der Waals surface area (Å²) in [5.74, 6) is 0.558. The highest BCUT2D eigenvalue weighted by Crippen LogP contribution is 2.18. The summed E-state index contributed by atoms with van der Waals surface area (Å²) in [5, 5.41) is 6.51. The third-order valence-corrected chi connectivity index (χ3v) is 4.71. The maximum absolute atomic E-state index is 12.2. The van der Waals surface area contributed by atoms with Gasteiger partial charge in [-0.2, -0.15) is 0 Å². The number of amides is 1. The van der Waals surface area contributed by atoms with Gasteiger partial charge in [-0.25, -0.2) is 0 Å². The van der Waals surface area contributed by atoms with Gasteiger partial charge in [0, 0.05) is 16.1 Å². The first-order valence-corrected chi connectivity index (χ1v) is 7.65. The number of piperidine rings is 1. The van der Waals surface area contributed by atoms with E-state index in [1.54, 1.807) is 0 Å². The second-order valence-electron chi connectivity index (χ2n) is 5.33. The van der Waals surface area contributed by atoms with Gasteiger partial charge in [-0.05, 0) is 69.5 Å². The number of hydrogen-bond acceptors (Lipinski definition) is 2. The highest BCUT2D eigenvalue weighted by atomic mass is 79.9. The van der Waals surface area contributed by atoms with E-state index in [0.717, 1.165) is 28.7 Å². The highest BCUT2D eigenvalue weighted by molar-refractivity contribution is 9.10. The average molecular weight is 325 g/mol. The number of rotatable bonds is 3. The van der Waals surface area contributed by atoms with Crippen molar-refractivity contribution < 1.29 is 4.79 Å². The Labute approximate surface area is 123 Å². The van der Waals surface area contributed by atoms with Crippen LogP contribution in [0.25, 0.3) is 0 Å². The van der Waals surface area contributed by atoms with Gasteiger partial charge in [-0.15, -0.1) is 0 Å². The summed E-state index contributed by atoms with van der Waals surface area (Å²) in [4.78, 5) is 12.2. The van der Waals surface area contributed by atoms with Gasteiger partial charge < -0.3 is 10.6 Å². The number of halogens is 1. The predicted octanol–water partition coefficient (Wildman–Crippen LogP) is 2.88. The van der Waals surface area contributed by atoms with Crippen LogP contribution in [0.2, 0.25) is 0 Å². The first kappa shape index (κ1) is 14.5. The Hall–Kier alpha value is -0.870. The third-order valence-electron chi connectivity index (χ3n) is 3.82. The molecule has 1 aromatic carbocycles. The molecule has 1 aliphatic rings. The van der Waals surface area contributed by atoms with Gasteiger partial charge in [0.2, 0.25) is 0 Å². The molecule has 104 valence electrons. The molecule has 4 heteroatoms. The van der Waals surface area contributed by atoms with Crippen molar-refractivity contribution in [1.82, 2.24) is 10.6 Å². The zero-order valence-electron chi connectivity index (χ0n) is 11.5. The van der Waals surface area contributed by atoms with Crippen molar-refractivity contribution in [2.24, 2.45) is 5.92 Å². The van der Waals surface area contributed by atoms with E-state index >= 15 is 0 Å². The fourth-order valence-corrected chi connectivity index (χ4v) is 2.75. The van der Waals surface area contributed by atoms with E-state index in [2.05, 4.69) is 33.5 Å². The summed E-state index contributed by atoms with van der Waals surface area (Å²) in [6.07, 6.45) is 2.39. The van der Waals surface area contributed by atoms with Crippen LogP contribution in [-0.2, 0) is 0 Å². The van der Waals surface area contributed by atoms with Crippen LogP contribution in [0, 0.1) is 12.8 Å². The Bertz CT molecular complexity index is 455. The number of hydrogen-bond donors (Lipinski definition) is 2. The molecule has 0 aliphatic carbocycles. The van der Waals surface area contributed by atoms with E-state index in [9.17, 15) is 4.79 Å². The number of carbonyl (C=O) groups is 1. The maximum atomic E-state index is 12.2. The van der Waals surface area contributed by atoms with Gasteiger partial charge >= 0.3 is 0 Å². The minimum atomic E-state index is 0.0219. The number of carbonyl (C=O) groups excluding carboxylic acids is 1. The molecule has 1 aliphatic heterocycles. The highest BCUT2D eigenvalue weighted by Gasteiger charge is 2.21. The van der Waals surface area contributed by atoms with E-state index < -0.39 is 0 Å². The molecule has 1 saturated heterocycles. The number of nitrogens with one attached hydrogen (secondary N) is 2. The largest absolute Gasteiger partial charge is 0.349 e. The minimum Gasteiger partial charge on any atom is -0.349 e. The molecule has 0 spiro atoms. The van der Waals surface area contributed by atoms with Crippen LogP contribution >= 0.6 is 15.9 Å². The van der Waals surface area contributed by atoms with Crippen molar-refractivity contribution in [2.75, 3.05) is 13.1 Å². The number of aryl methyl sites for hydroxylation is 1. The number of benzene rings is 1. The Kier molecular flexibility index (Phi) is 4.99. The van der Waals surface area contributed by atoms with Crippen molar-refractivity contribution in [2.45, 2.75) is 32.7 Å². The zero-order chi connectivity index (χ0) is 13.8. The molecule has 1 fully saturated rings. The Morgan fingerprint density at radius 3 is 2.95 bits per heavy atom. The molecule has 1 heterocycles. The summed E-state index contributed by atoms with van der Waals surface area (Å²) in [7, 11) is 0. The molecule has 1 amide bonds. The zero-order valence-corrected chi connectivity index (χ0v) is 13.1. The van der Waals surface area contributed by atoms with E-state index in [0.29, 0.717) is 5.92 Å². The fourth-order valence-electron chi connectivity index (χ4n) is 2.50. The van der Waals surface area contributed by atoms with Crippen LogP contribution in [0.3, 0.4) is 0 Å². The van der Waals surface area contributed by atoms with Gasteiger partial charge in [0.25, 0.3) is 5.91 Å². The minimum absolute atomic E-state index is 0.0219. The molecule has 0 radical (unpaired) electrons. The lowest BCUT2D eigenvalue weighted by molar-refractivity contribution is 0.0922. The average Bonchev–Trinajstić information content (AvgIpc) is 2.42. The van der Waals surface area contributed by atoms with Gasteiger partial charge in [0.15, 0.2) is 0 Å². The molecule has 0 saturated carbocycles. The summed E-state index contributed by atoms with van der Waals surface area (Å²) < 4.78 is 1.04. The van der Waals surface area contributed by atoms with E-state index in [-0.39, 0.29) is 11.9 Å². The van der Waals surface area contributed by atoms with Crippen molar-refractivity contribution >= 4 is 21.8 Å². The quantitative estimate of drug-likeness (QED) is 0.897. The SMILES string of the molecule is Cc1cc(C(=O)NC(C)C2CCCNC2)ccc1Br. The third kappa shape index (κ3) is 3.80. The standard InChI is InChI=1S/C15H21BrN2O/c1-10-8-12(5-6-14(10)16)15(19)18-11(2)13-4-3-7-17-9-13/h5-6,8,11,13,17H,3-4,7,9H2,1-2H3,(H,18,19). The normalized spacial score (nSPS) is 20.9. The lowest BCUT2D eigenvalue weighted by Gasteiger charge is -2.29. The lowest BCUT2D eigenvalue weighted by atomic mass is 9.92. The van der Waals surface area contributed by atoms with Gasteiger partial charge in [0.1, 0.15) is 0 Å². The Morgan fingerprint density at radius 1 is 1.53 bits per heavy atom. The Balaban J connectivity index is 1.97. The lowest BCUT2D eigenvalue weighted by Crippen LogP contribution is -2.44. The molecule has 2 rings (SSSR count). The van der Waals surface area contributed by atoms with Crippen LogP contribution in [0.5, 0.6) is 0 Å². The van der Waals surface area contributed by atoms with Crippen LogP contribution in [0.4, 0.5) is 0 Å². The van der Waals surface area contributed by atoms with Crippen molar-refractivity contribution in [3.05, 3.63) is 33.8 Å². The smallest absolute Gasteiger partial charge is 0.251 e. The van der Waals surface area contributed by atoms with Crippen LogP contribution in [0.15, 0.2) is 22.7 Å². The van der Waals surface area contributed by atoms with Crippen molar-refractivity contribution in [3.8, 4) is 0 Å². The fraction of sp³-hybridized carbons (Fsp3) is 0.533. The second-order valence-corrected chi connectivity index (χ2v) is 6.19. The molecule has 3 nitrogen and oxygen atoms in total. The first-order chi connectivity index (χ1) is 9.08. The van der Waals surface area contributed by atoms with E-state index in [1.807, 2.05) is 25.1 Å².